The lowest BCUT2D eigenvalue weighted by Crippen LogP contribution is -2.44. The molecule has 4 aliphatic rings. The zero-order valence-electron chi connectivity index (χ0n) is 28.1. The lowest BCUT2D eigenvalue weighted by molar-refractivity contribution is -0.135. The Hall–Kier alpha value is -5.39. The fourth-order valence-corrected chi connectivity index (χ4v) is 8.61. The molecule has 3 amide bonds. The number of amides is 3. The zero-order valence-corrected chi connectivity index (χ0v) is 28.1. The summed E-state index contributed by atoms with van der Waals surface area (Å²) in [6.07, 6.45) is 8.07. The van der Waals surface area contributed by atoms with Crippen molar-refractivity contribution in [3.8, 4) is 33.5 Å². The average Bonchev–Trinajstić information content (AvgIpc) is 3.70. The Bertz CT molecular complexity index is 2220. The summed E-state index contributed by atoms with van der Waals surface area (Å²) in [6, 6.07) is 15.9. The molecule has 1 saturated heterocycles. The molecule has 9 rings (SSSR count). The van der Waals surface area contributed by atoms with E-state index < -0.39 is 5.92 Å². The monoisotopic (exact) mass is 689 g/mol. The number of nitrogens with one attached hydrogen (secondary N) is 3. The lowest BCUT2D eigenvalue weighted by Gasteiger charge is -2.34. The topological polar surface area (TPSA) is 127 Å². The standard InChI is InChI=1S/C39H37F2N7O3/c1-38(10-11-38)19-47(21-50)18-34-43-16-33(44-34)24-4-8-28-27-7-3-22(13-29(27)39(40,41)30(28)14-24)23-5-9-31-32(15-23)46-37(45-31)36-25-2-6-26(12-25)48(36)35(51)17-42-20-49/h3-5,7-9,13-16,20-21,25-26,36H,2,6,10-12,17-19H2,1H3,(H,42,49)(H,43,44)(H,45,46)/t25-,26+,36-/m0/s1. The molecule has 260 valence electrons. The number of likely N-dealkylation sites (tertiary alicyclic amines) is 1. The van der Waals surface area contributed by atoms with Gasteiger partial charge in [0.05, 0.1) is 42.1 Å². The first-order valence-corrected chi connectivity index (χ1v) is 17.5. The number of fused-ring (bicyclic) bond motifs is 6. The minimum Gasteiger partial charge on any atom is -0.350 e. The highest BCUT2D eigenvalue weighted by atomic mass is 19.3. The van der Waals surface area contributed by atoms with E-state index in [1.165, 1.54) is 6.07 Å². The molecule has 3 fully saturated rings. The van der Waals surface area contributed by atoms with Crippen LogP contribution in [0.25, 0.3) is 44.5 Å². The first-order chi connectivity index (χ1) is 24.6. The maximum atomic E-state index is 16.2. The molecule has 3 aromatic carbocycles. The van der Waals surface area contributed by atoms with E-state index in [1.807, 2.05) is 35.2 Å². The Labute approximate surface area is 292 Å². The van der Waals surface area contributed by atoms with Gasteiger partial charge in [-0.25, -0.2) is 9.97 Å². The maximum absolute atomic E-state index is 16.2. The van der Waals surface area contributed by atoms with E-state index in [-0.39, 0.29) is 41.1 Å². The highest BCUT2D eigenvalue weighted by molar-refractivity contribution is 5.87. The average molecular weight is 690 g/mol. The smallest absolute Gasteiger partial charge is 0.299 e. The van der Waals surface area contributed by atoms with E-state index in [0.717, 1.165) is 55.1 Å². The van der Waals surface area contributed by atoms with Gasteiger partial charge in [0.1, 0.15) is 11.6 Å². The van der Waals surface area contributed by atoms with E-state index in [4.69, 9.17) is 4.98 Å². The molecule has 2 bridgehead atoms. The third kappa shape index (κ3) is 5.30. The Morgan fingerprint density at radius 3 is 2.47 bits per heavy atom. The minimum absolute atomic E-state index is 0.0434. The Kier molecular flexibility index (Phi) is 7.17. The number of carbonyl (C=O) groups excluding carboxylic acids is 3. The van der Waals surface area contributed by atoms with Gasteiger partial charge < -0.3 is 25.1 Å². The van der Waals surface area contributed by atoms with Crippen LogP contribution in [0, 0.1) is 11.3 Å². The van der Waals surface area contributed by atoms with Crippen LogP contribution in [-0.4, -0.2) is 67.6 Å². The van der Waals surface area contributed by atoms with Crippen LogP contribution in [0.4, 0.5) is 8.78 Å². The van der Waals surface area contributed by atoms with Crippen LogP contribution < -0.4 is 5.32 Å². The third-order valence-electron chi connectivity index (χ3n) is 11.5. The number of rotatable bonds is 11. The number of imidazole rings is 2. The number of piperidine rings is 1. The number of hydrogen-bond donors (Lipinski definition) is 3. The molecule has 5 aromatic rings. The summed E-state index contributed by atoms with van der Waals surface area (Å²) in [5.41, 5.74) is 5.22. The van der Waals surface area contributed by atoms with Gasteiger partial charge in [-0.05, 0) is 90.0 Å². The van der Waals surface area contributed by atoms with Crippen molar-refractivity contribution in [3.05, 3.63) is 83.6 Å². The van der Waals surface area contributed by atoms with E-state index in [1.54, 1.807) is 29.3 Å². The summed E-state index contributed by atoms with van der Waals surface area (Å²) < 4.78 is 32.5. The second kappa shape index (κ2) is 11.6. The summed E-state index contributed by atoms with van der Waals surface area (Å²) in [5.74, 6) is -1.73. The highest BCUT2D eigenvalue weighted by Gasteiger charge is 2.50. The molecule has 0 unspecified atom stereocenters. The molecule has 3 atom stereocenters. The van der Waals surface area contributed by atoms with Crippen molar-refractivity contribution in [2.45, 2.75) is 63.6 Å². The summed E-state index contributed by atoms with van der Waals surface area (Å²) in [4.78, 5) is 55.1. The predicted molar refractivity (Wildman–Crippen MR) is 186 cm³/mol. The molecular weight excluding hydrogens is 652 g/mol. The molecular formula is C39H37F2N7O3. The van der Waals surface area contributed by atoms with Gasteiger partial charge in [-0.3, -0.25) is 14.4 Å². The van der Waals surface area contributed by atoms with Gasteiger partial charge in [0.2, 0.25) is 18.7 Å². The summed E-state index contributed by atoms with van der Waals surface area (Å²) >= 11 is 0. The molecule has 3 aliphatic carbocycles. The van der Waals surface area contributed by atoms with Gasteiger partial charge >= 0.3 is 0 Å². The number of nitrogens with zero attached hydrogens (tertiary/aromatic N) is 4. The Morgan fingerprint density at radius 2 is 1.73 bits per heavy atom. The van der Waals surface area contributed by atoms with E-state index in [2.05, 4.69) is 27.2 Å². The van der Waals surface area contributed by atoms with Crippen LogP contribution >= 0.6 is 0 Å². The molecule has 10 nitrogen and oxygen atoms in total. The SMILES string of the molecule is CC1(CN(C=O)Cc2ncc(-c3ccc4c(c3)C(F)(F)c3cc(-c5ccc6nc([C@@H]7[C@H]8CC[C@H](C8)N7C(=O)CNC=O)[nH]c6c5)ccc3-4)[nH]2)CC1. The fourth-order valence-electron chi connectivity index (χ4n) is 8.61. The van der Waals surface area contributed by atoms with Crippen molar-refractivity contribution in [1.29, 1.82) is 0 Å². The quantitative estimate of drug-likeness (QED) is 0.141. The van der Waals surface area contributed by atoms with E-state index >= 15 is 8.78 Å². The molecule has 2 saturated carbocycles. The van der Waals surface area contributed by atoms with Gasteiger partial charge in [0, 0.05) is 29.3 Å². The van der Waals surface area contributed by atoms with Crippen LogP contribution in [0.1, 0.15) is 67.8 Å². The first-order valence-electron chi connectivity index (χ1n) is 17.5. The van der Waals surface area contributed by atoms with Gasteiger partial charge in [-0.1, -0.05) is 37.3 Å². The first kappa shape index (κ1) is 31.6. The van der Waals surface area contributed by atoms with Crippen molar-refractivity contribution in [2.24, 2.45) is 11.3 Å². The molecule has 51 heavy (non-hydrogen) atoms. The van der Waals surface area contributed by atoms with Crippen molar-refractivity contribution in [3.63, 3.8) is 0 Å². The number of alkyl halides is 2. The van der Waals surface area contributed by atoms with Crippen LogP contribution in [0.5, 0.6) is 0 Å². The van der Waals surface area contributed by atoms with Crippen LogP contribution in [0.2, 0.25) is 0 Å². The predicted octanol–water partition coefficient (Wildman–Crippen LogP) is 6.30. The summed E-state index contributed by atoms with van der Waals surface area (Å²) in [7, 11) is 0. The molecule has 3 heterocycles. The lowest BCUT2D eigenvalue weighted by atomic mass is 9.98. The van der Waals surface area contributed by atoms with Crippen molar-refractivity contribution in [2.75, 3.05) is 13.1 Å². The van der Waals surface area contributed by atoms with Crippen molar-refractivity contribution in [1.82, 2.24) is 35.1 Å². The van der Waals surface area contributed by atoms with Crippen LogP contribution in [0.15, 0.2) is 60.8 Å². The number of aromatic nitrogens is 4. The van der Waals surface area contributed by atoms with Gasteiger partial charge in [0.25, 0.3) is 5.92 Å². The van der Waals surface area contributed by atoms with Crippen LogP contribution in [0.3, 0.4) is 0 Å². The molecule has 0 spiro atoms. The molecule has 3 N–H and O–H groups in total. The number of aromatic amines is 2. The van der Waals surface area contributed by atoms with E-state index in [9.17, 15) is 14.4 Å². The number of H-pyrrole nitrogens is 2. The molecule has 12 heteroatoms. The molecule has 0 radical (unpaired) electrons. The Morgan fingerprint density at radius 1 is 1.00 bits per heavy atom. The summed E-state index contributed by atoms with van der Waals surface area (Å²) in [6.45, 7) is 3.11. The minimum atomic E-state index is -3.21. The highest BCUT2D eigenvalue weighted by Crippen LogP contribution is 2.53. The maximum Gasteiger partial charge on any atom is 0.299 e. The second-order valence-corrected chi connectivity index (χ2v) is 15.0. The largest absolute Gasteiger partial charge is 0.350 e. The number of benzene rings is 3. The van der Waals surface area contributed by atoms with Crippen LogP contribution in [-0.2, 0) is 26.9 Å². The molecule has 1 aliphatic heterocycles. The number of carbonyl (C=O) groups is 3. The molecule has 2 aromatic heterocycles. The Balaban J connectivity index is 0.971. The zero-order chi connectivity index (χ0) is 35.1. The fraction of sp³-hybridized carbons (Fsp3) is 0.359. The third-order valence-corrected chi connectivity index (χ3v) is 11.5. The number of hydrogen-bond acceptors (Lipinski definition) is 5. The van der Waals surface area contributed by atoms with Crippen molar-refractivity contribution >= 4 is 29.8 Å². The van der Waals surface area contributed by atoms with Crippen molar-refractivity contribution < 1.29 is 23.2 Å². The van der Waals surface area contributed by atoms with Gasteiger partial charge in [0.15, 0.2) is 0 Å². The normalized spacial score (nSPS) is 21.8. The van der Waals surface area contributed by atoms with Gasteiger partial charge in [-0.15, -0.1) is 0 Å². The second-order valence-electron chi connectivity index (χ2n) is 15.0. The van der Waals surface area contributed by atoms with Gasteiger partial charge in [-0.2, -0.15) is 8.78 Å². The summed E-state index contributed by atoms with van der Waals surface area (Å²) in [5, 5.41) is 2.49. The van der Waals surface area contributed by atoms with E-state index in [0.29, 0.717) is 65.0 Å². The number of halogens is 2.